The molecule has 0 aliphatic carbocycles. The Kier molecular flexibility index (Phi) is 4.87. The van der Waals surface area contributed by atoms with Gasteiger partial charge in [-0.15, -0.1) is 0 Å². The summed E-state index contributed by atoms with van der Waals surface area (Å²) in [6.45, 7) is 0. The van der Waals surface area contributed by atoms with Crippen molar-refractivity contribution in [1.82, 2.24) is 9.55 Å². The highest BCUT2D eigenvalue weighted by molar-refractivity contribution is 6.31. The molecule has 144 valence electrons. The van der Waals surface area contributed by atoms with Crippen molar-refractivity contribution in [2.24, 2.45) is 0 Å². The molecule has 2 heterocycles. The zero-order valence-electron chi connectivity index (χ0n) is 14.7. The lowest BCUT2D eigenvalue weighted by atomic mass is 9.91. The van der Waals surface area contributed by atoms with E-state index >= 15 is 0 Å². The second kappa shape index (κ2) is 7.20. The molecule has 5 nitrogen and oxygen atoms in total. The average Bonchev–Trinajstić information content (AvgIpc) is 3.26. The smallest absolute Gasteiger partial charge is 0.358 e. The maximum absolute atomic E-state index is 13.5. The number of ether oxygens (including phenoxy) is 2. The van der Waals surface area contributed by atoms with E-state index in [-0.39, 0.29) is 11.5 Å². The molecule has 1 aromatic heterocycles. The van der Waals surface area contributed by atoms with Gasteiger partial charge >= 0.3 is 5.97 Å². The standard InChI is InChI=1S/C20H15Cl2FN2O3/c1-27-18(26)16-10-25(11-24-16)19(22)20(12-6-8-13(23)9-7-12)17(28-20)14-4-2-3-5-15(14)21/h2-11,17,19H,1H3/t17-,19?,20-/m0/s1. The molecule has 3 aromatic rings. The molecule has 8 heteroatoms. The van der Waals surface area contributed by atoms with Crippen molar-refractivity contribution in [3.63, 3.8) is 0 Å². The summed E-state index contributed by atoms with van der Waals surface area (Å²) in [4.78, 5) is 15.8. The van der Waals surface area contributed by atoms with Crippen LogP contribution in [0.3, 0.4) is 0 Å². The summed E-state index contributed by atoms with van der Waals surface area (Å²) in [6, 6.07) is 13.2. The van der Waals surface area contributed by atoms with Crippen molar-refractivity contribution in [2.45, 2.75) is 17.2 Å². The van der Waals surface area contributed by atoms with E-state index < -0.39 is 23.2 Å². The van der Waals surface area contributed by atoms with Gasteiger partial charge in [0, 0.05) is 16.8 Å². The highest BCUT2D eigenvalue weighted by Gasteiger charge is 2.64. The fourth-order valence-electron chi connectivity index (χ4n) is 3.28. The van der Waals surface area contributed by atoms with Crippen LogP contribution in [0.15, 0.2) is 61.1 Å². The lowest BCUT2D eigenvalue weighted by Crippen LogP contribution is -2.22. The molecule has 0 spiro atoms. The number of benzene rings is 2. The number of methoxy groups -OCH3 is 1. The van der Waals surface area contributed by atoms with Crippen molar-refractivity contribution in [2.75, 3.05) is 7.11 Å². The number of imidazole rings is 1. The molecule has 0 bridgehead atoms. The van der Waals surface area contributed by atoms with Crippen LogP contribution in [0.25, 0.3) is 0 Å². The third-order valence-electron chi connectivity index (χ3n) is 4.74. The third kappa shape index (κ3) is 3.07. The highest BCUT2D eigenvalue weighted by atomic mass is 35.5. The molecule has 0 radical (unpaired) electrons. The lowest BCUT2D eigenvalue weighted by Gasteiger charge is -2.21. The van der Waals surface area contributed by atoms with E-state index in [1.807, 2.05) is 18.2 Å². The Morgan fingerprint density at radius 2 is 2.00 bits per heavy atom. The predicted octanol–water partition coefficient (Wildman–Crippen LogP) is 4.87. The molecular weight excluding hydrogens is 406 g/mol. The van der Waals surface area contributed by atoms with Gasteiger partial charge in [0.1, 0.15) is 17.4 Å². The molecular formula is C20H15Cl2FN2O3. The first-order chi connectivity index (χ1) is 13.5. The number of alkyl halides is 1. The zero-order chi connectivity index (χ0) is 19.9. The summed E-state index contributed by atoms with van der Waals surface area (Å²) in [5.74, 6) is -0.937. The number of halogens is 3. The summed E-state index contributed by atoms with van der Waals surface area (Å²) in [5.41, 5.74) is -0.198. The first-order valence-electron chi connectivity index (χ1n) is 8.41. The fourth-order valence-corrected chi connectivity index (χ4v) is 3.92. The van der Waals surface area contributed by atoms with Crippen LogP contribution in [-0.4, -0.2) is 22.6 Å². The van der Waals surface area contributed by atoms with Gasteiger partial charge in [0.25, 0.3) is 0 Å². The van der Waals surface area contributed by atoms with Gasteiger partial charge in [-0.25, -0.2) is 14.2 Å². The third-order valence-corrected chi connectivity index (χ3v) is 5.63. The molecule has 1 unspecified atom stereocenters. The quantitative estimate of drug-likeness (QED) is 0.335. The molecule has 2 aromatic carbocycles. The predicted molar refractivity (Wildman–Crippen MR) is 102 cm³/mol. The SMILES string of the molecule is COC(=O)c1cn(C(Cl)[C@@]2(c3ccc(F)cc3)O[C@H]2c2ccccc2Cl)cn1. The maximum atomic E-state index is 13.5. The molecule has 3 atom stereocenters. The van der Waals surface area contributed by atoms with Crippen LogP contribution >= 0.6 is 23.2 Å². The van der Waals surface area contributed by atoms with E-state index in [4.69, 9.17) is 27.9 Å². The van der Waals surface area contributed by atoms with E-state index in [1.165, 1.54) is 31.8 Å². The number of carbonyl (C=O) groups excluding carboxylic acids is 1. The second-order valence-corrected chi connectivity index (χ2v) is 7.17. The summed E-state index contributed by atoms with van der Waals surface area (Å²) >= 11 is 13.2. The second-order valence-electron chi connectivity index (χ2n) is 6.35. The van der Waals surface area contributed by atoms with Crippen LogP contribution in [0.1, 0.15) is 33.2 Å². The lowest BCUT2D eigenvalue weighted by molar-refractivity contribution is 0.0594. The summed E-state index contributed by atoms with van der Waals surface area (Å²) in [5, 5.41) is 0.543. The fraction of sp³-hybridized carbons (Fsp3) is 0.200. The Morgan fingerprint density at radius 3 is 2.68 bits per heavy atom. The van der Waals surface area contributed by atoms with Gasteiger partial charge in [-0.2, -0.15) is 0 Å². The van der Waals surface area contributed by atoms with E-state index in [9.17, 15) is 9.18 Å². The van der Waals surface area contributed by atoms with E-state index in [0.29, 0.717) is 10.6 Å². The number of nitrogens with zero attached hydrogens (tertiary/aromatic N) is 2. The first kappa shape index (κ1) is 18.9. The minimum Gasteiger partial charge on any atom is -0.464 e. The van der Waals surface area contributed by atoms with Crippen LogP contribution in [-0.2, 0) is 15.1 Å². The Hall–Kier alpha value is -2.41. The van der Waals surface area contributed by atoms with E-state index in [2.05, 4.69) is 9.72 Å². The van der Waals surface area contributed by atoms with E-state index in [0.717, 1.165) is 5.56 Å². The normalized spacial score (nSPS) is 21.9. The van der Waals surface area contributed by atoms with Crippen LogP contribution in [0.4, 0.5) is 4.39 Å². The zero-order valence-corrected chi connectivity index (χ0v) is 16.2. The molecule has 1 fully saturated rings. The van der Waals surface area contributed by atoms with Gasteiger partial charge in [-0.05, 0) is 23.8 Å². The molecule has 0 amide bonds. The molecule has 1 aliphatic rings. The Balaban J connectivity index is 1.76. The summed E-state index contributed by atoms with van der Waals surface area (Å²) in [6.07, 6.45) is 2.47. The molecule has 1 aliphatic heterocycles. The van der Waals surface area contributed by atoms with Crippen molar-refractivity contribution < 1.29 is 18.7 Å². The number of carbonyl (C=O) groups is 1. The molecule has 1 saturated heterocycles. The van der Waals surface area contributed by atoms with Crippen LogP contribution < -0.4 is 0 Å². The molecule has 0 saturated carbocycles. The number of hydrogen-bond donors (Lipinski definition) is 0. The van der Waals surface area contributed by atoms with Crippen molar-refractivity contribution in [1.29, 1.82) is 0 Å². The van der Waals surface area contributed by atoms with Crippen molar-refractivity contribution in [3.8, 4) is 0 Å². The summed E-state index contributed by atoms with van der Waals surface area (Å²) < 4.78 is 25.8. The van der Waals surface area contributed by atoms with Gasteiger partial charge in [0.05, 0.1) is 13.4 Å². The van der Waals surface area contributed by atoms with Gasteiger partial charge in [0.2, 0.25) is 0 Å². The van der Waals surface area contributed by atoms with Gasteiger partial charge < -0.3 is 14.0 Å². The van der Waals surface area contributed by atoms with Crippen LogP contribution in [0.5, 0.6) is 0 Å². The number of aromatic nitrogens is 2. The van der Waals surface area contributed by atoms with Gasteiger partial charge in [0.15, 0.2) is 11.3 Å². The van der Waals surface area contributed by atoms with Crippen LogP contribution in [0.2, 0.25) is 5.02 Å². The topological polar surface area (TPSA) is 56.6 Å². The van der Waals surface area contributed by atoms with Gasteiger partial charge in [-0.1, -0.05) is 53.5 Å². The van der Waals surface area contributed by atoms with Crippen molar-refractivity contribution in [3.05, 3.63) is 88.7 Å². The minimum absolute atomic E-state index is 0.123. The Labute approximate surface area is 170 Å². The largest absolute Gasteiger partial charge is 0.464 e. The summed E-state index contributed by atoms with van der Waals surface area (Å²) in [7, 11) is 1.27. The molecule has 0 N–H and O–H groups in total. The van der Waals surface area contributed by atoms with Crippen LogP contribution in [0, 0.1) is 5.82 Å². The first-order valence-corrected chi connectivity index (χ1v) is 9.23. The average molecular weight is 421 g/mol. The number of epoxide rings is 1. The molecule has 4 rings (SSSR count). The monoisotopic (exact) mass is 420 g/mol. The highest BCUT2D eigenvalue weighted by Crippen LogP contribution is 2.64. The minimum atomic E-state index is -1.01. The van der Waals surface area contributed by atoms with E-state index in [1.54, 1.807) is 22.8 Å². The Bertz CT molecular complexity index is 1020. The van der Waals surface area contributed by atoms with Crippen molar-refractivity contribution >= 4 is 29.2 Å². The maximum Gasteiger partial charge on any atom is 0.358 e. The number of hydrogen-bond acceptors (Lipinski definition) is 4. The molecule has 28 heavy (non-hydrogen) atoms. The van der Waals surface area contributed by atoms with Gasteiger partial charge in [-0.3, -0.25) is 0 Å². The number of esters is 1. The Morgan fingerprint density at radius 1 is 1.29 bits per heavy atom. The number of rotatable bonds is 5.